The largest absolute Gasteiger partial charge is 0.349 e. The van der Waals surface area contributed by atoms with E-state index in [1.807, 2.05) is 37.4 Å². The molecule has 3 atom stereocenters. The van der Waals surface area contributed by atoms with Gasteiger partial charge in [-0.05, 0) is 36.7 Å². The highest BCUT2D eigenvalue weighted by molar-refractivity contribution is 7.88. The van der Waals surface area contributed by atoms with Gasteiger partial charge in [0, 0.05) is 38.5 Å². The SMILES string of the molecule is CC(=O)N[C@@]12CCN(S(=O)(=O)Cc3cccc(F)c3)C[C@@H]1[C@@H](c1ccccc1)N(C)C2. The highest BCUT2D eigenvalue weighted by Gasteiger charge is 2.55. The van der Waals surface area contributed by atoms with Gasteiger partial charge in [-0.3, -0.25) is 9.69 Å². The number of amides is 1. The van der Waals surface area contributed by atoms with Crippen LogP contribution < -0.4 is 5.32 Å². The van der Waals surface area contributed by atoms with Crippen molar-refractivity contribution < 1.29 is 17.6 Å². The Hall–Kier alpha value is -2.29. The van der Waals surface area contributed by atoms with E-state index in [-0.39, 0.29) is 23.6 Å². The van der Waals surface area contributed by atoms with Gasteiger partial charge in [0.05, 0.1) is 11.3 Å². The van der Waals surface area contributed by atoms with Gasteiger partial charge >= 0.3 is 0 Å². The third-order valence-corrected chi connectivity index (χ3v) is 8.32. The second-order valence-corrected chi connectivity index (χ2v) is 10.7. The van der Waals surface area contributed by atoms with Crippen LogP contribution in [0.2, 0.25) is 0 Å². The van der Waals surface area contributed by atoms with Crippen molar-refractivity contribution in [2.45, 2.75) is 30.7 Å². The summed E-state index contributed by atoms with van der Waals surface area (Å²) in [6.07, 6.45) is 0.535. The number of fused-ring (bicyclic) bond motifs is 1. The molecule has 0 unspecified atom stereocenters. The molecular formula is C23H28FN3O3S. The molecule has 0 aliphatic carbocycles. The number of rotatable bonds is 5. The average molecular weight is 446 g/mol. The van der Waals surface area contributed by atoms with Gasteiger partial charge in [-0.1, -0.05) is 42.5 Å². The van der Waals surface area contributed by atoms with E-state index in [4.69, 9.17) is 0 Å². The Morgan fingerprint density at radius 2 is 1.94 bits per heavy atom. The van der Waals surface area contributed by atoms with Crippen molar-refractivity contribution >= 4 is 15.9 Å². The van der Waals surface area contributed by atoms with Gasteiger partial charge in [-0.15, -0.1) is 0 Å². The van der Waals surface area contributed by atoms with Gasteiger partial charge in [0.25, 0.3) is 0 Å². The maximum Gasteiger partial charge on any atom is 0.218 e. The topological polar surface area (TPSA) is 69.7 Å². The number of halogens is 1. The van der Waals surface area contributed by atoms with Gasteiger partial charge in [-0.2, -0.15) is 0 Å². The quantitative estimate of drug-likeness (QED) is 0.768. The molecule has 1 N–H and O–H groups in total. The molecule has 2 aromatic rings. The lowest BCUT2D eigenvalue weighted by atomic mass is 9.76. The average Bonchev–Trinajstić information content (AvgIpc) is 2.98. The van der Waals surface area contributed by atoms with Crippen molar-refractivity contribution in [1.82, 2.24) is 14.5 Å². The zero-order valence-electron chi connectivity index (χ0n) is 17.8. The van der Waals surface area contributed by atoms with Crippen LogP contribution in [0.5, 0.6) is 0 Å². The third-order valence-electron chi connectivity index (χ3n) is 6.50. The minimum Gasteiger partial charge on any atom is -0.349 e. The fourth-order valence-corrected chi connectivity index (χ4v) is 6.85. The molecule has 0 aromatic heterocycles. The van der Waals surface area contributed by atoms with Crippen LogP contribution in [0.15, 0.2) is 54.6 Å². The number of sulfonamides is 1. The highest BCUT2D eigenvalue weighted by atomic mass is 32.2. The van der Waals surface area contributed by atoms with Crippen LogP contribution in [0.25, 0.3) is 0 Å². The normalized spacial score (nSPS) is 27.1. The molecule has 0 saturated carbocycles. The molecule has 0 bridgehead atoms. The number of likely N-dealkylation sites (N-methyl/N-ethyl adjacent to an activating group) is 1. The molecule has 31 heavy (non-hydrogen) atoms. The van der Waals surface area contributed by atoms with Crippen LogP contribution in [-0.2, 0) is 20.6 Å². The lowest BCUT2D eigenvalue weighted by molar-refractivity contribution is -0.121. The number of nitrogens with one attached hydrogen (secondary N) is 1. The summed E-state index contributed by atoms with van der Waals surface area (Å²) < 4.78 is 41.5. The van der Waals surface area contributed by atoms with Crippen molar-refractivity contribution in [3.63, 3.8) is 0 Å². The molecule has 2 heterocycles. The van der Waals surface area contributed by atoms with Crippen LogP contribution in [0, 0.1) is 11.7 Å². The second kappa shape index (κ2) is 8.33. The van der Waals surface area contributed by atoms with Crippen molar-refractivity contribution in [3.8, 4) is 0 Å². The van der Waals surface area contributed by atoms with E-state index < -0.39 is 21.4 Å². The van der Waals surface area contributed by atoms with Gasteiger partial charge in [0.1, 0.15) is 5.82 Å². The smallest absolute Gasteiger partial charge is 0.218 e. The Kier molecular flexibility index (Phi) is 5.89. The Labute approximate surface area is 183 Å². The van der Waals surface area contributed by atoms with E-state index in [0.717, 1.165) is 5.56 Å². The number of carbonyl (C=O) groups excluding carboxylic acids is 1. The first-order chi connectivity index (χ1) is 14.7. The number of likely N-dealkylation sites (tertiary alicyclic amines) is 1. The minimum atomic E-state index is -3.63. The highest BCUT2D eigenvalue weighted by Crippen LogP contribution is 2.47. The molecule has 6 nitrogen and oxygen atoms in total. The molecule has 0 radical (unpaired) electrons. The van der Waals surface area contributed by atoms with Gasteiger partial charge in [0.15, 0.2) is 0 Å². The molecule has 2 aromatic carbocycles. The van der Waals surface area contributed by atoms with Crippen LogP contribution in [-0.4, -0.2) is 55.8 Å². The molecule has 1 amide bonds. The van der Waals surface area contributed by atoms with Crippen molar-refractivity contribution in [1.29, 1.82) is 0 Å². The molecule has 2 aliphatic rings. The number of piperidine rings is 1. The molecule has 8 heteroatoms. The maximum absolute atomic E-state index is 13.6. The number of hydrogen-bond donors (Lipinski definition) is 1. The first-order valence-corrected chi connectivity index (χ1v) is 12.1. The third kappa shape index (κ3) is 4.37. The predicted molar refractivity (Wildman–Crippen MR) is 117 cm³/mol. The van der Waals surface area contributed by atoms with E-state index in [0.29, 0.717) is 31.6 Å². The Morgan fingerprint density at radius 1 is 1.19 bits per heavy atom. The number of hydrogen-bond acceptors (Lipinski definition) is 4. The Morgan fingerprint density at radius 3 is 2.61 bits per heavy atom. The molecular weight excluding hydrogens is 417 g/mol. The predicted octanol–water partition coefficient (Wildman–Crippen LogP) is 2.54. The van der Waals surface area contributed by atoms with Crippen LogP contribution in [0.1, 0.15) is 30.5 Å². The molecule has 2 fully saturated rings. The summed E-state index contributed by atoms with van der Waals surface area (Å²) in [7, 11) is -1.62. The van der Waals surface area contributed by atoms with E-state index >= 15 is 0 Å². The van der Waals surface area contributed by atoms with E-state index in [2.05, 4.69) is 10.2 Å². The monoisotopic (exact) mass is 445 g/mol. The fraction of sp³-hybridized carbons (Fsp3) is 0.435. The molecule has 166 valence electrons. The first-order valence-electron chi connectivity index (χ1n) is 10.5. The summed E-state index contributed by atoms with van der Waals surface area (Å²) in [6, 6.07) is 15.7. The van der Waals surface area contributed by atoms with Gasteiger partial charge in [-0.25, -0.2) is 17.1 Å². The summed E-state index contributed by atoms with van der Waals surface area (Å²) in [5.41, 5.74) is 1.06. The fourth-order valence-electron chi connectivity index (χ4n) is 5.31. The van der Waals surface area contributed by atoms with Crippen LogP contribution in [0.4, 0.5) is 4.39 Å². The molecule has 4 rings (SSSR count). The van der Waals surface area contributed by atoms with Crippen LogP contribution in [0.3, 0.4) is 0 Å². The maximum atomic E-state index is 13.6. The first kappa shape index (κ1) is 21.9. The van der Waals surface area contributed by atoms with E-state index in [1.165, 1.54) is 29.4 Å². The number of nitrogens with zero attached hydrogens (tertiary/aromatic N) is 2. The second-order valence-electron chi connectivity index (χ2n) is 8.71. The summed E-state index contributed by atoms with van der Waals surface area (Å²) in [5.74, 6) is -0.892. The zero-order valence-corrected chi connectivity index (χ0v) is 18.6. The molecule has 2 saturated heterocycles. The van der Waals surface area contributed by atoms with Crippen molar-refractivity contribution in [2.75, 3.05) is 26.7 Å². The molecule has 2 aliphatic heterocycles. The van der Waals surface area contributed by atoms with Gasteiger partial charge in [0.2, 0.25) is 15.9 Å². The summed E-state index contributed by atoms with van der Waals surface area (Å²) in [5, 5.41) is 3.16. The van der Waals surface area contributed by atoms with Gasteiger partial charge < -0.3 is 5.32 Å². The summed E-state index contributed by atoms with van der Waals surface area (Å²) >= 11 is 0. The molecule has 0 spiro atoms. The number of benzene rings is 2. The number of carbonyl (C=O) groups is 1. The minimum absolute atomic E-state index is 0.0137. The zero-order chi connectivity index (χ0) is 22.2. The van der Waals surface area contributed by atoms with E-state index in [1.54, 1.807) is 6.07 Å². The summed E-state index contributed by atoms with van der Waals surface area (Å²) in [4.78, 5) is 14.3. The lowest BCUT2D eigenvalue weighted by Crippen LogP contribution is -2.61. The van der Waals surface area contributed by atoms with Crippen LogP contribution >= 0.6 is 0 Å². The Bertz CT molecular complexity index is 1060. The summed E-state index contributed by atoms with van der Waals surface area (Å²) in [6.45, 7) is 2.80. The van der Waals surface area contributed by atoms with Crippen molar-refractivity contribution in [2.24, 2.45) is 5.92 Å². The Balaban J connectivity index is 1.64. The lowest BCUT2D eigenvalue weighted by Gasteiger charge is -2.44. The van der Waals surface area contributed by atoms with Crippen molar-refractivity contribution in [3.05, 3.63) is 71.5 Å². The van der Waals surface area contributed by atoms with E-state index in [9.17, 15) is 17.6 Å². The standard InChI is InChI=1S/C23H28FN3O3S/c1-17(28)25-23-11-12-27(31(29,30)15-18-7-6-10-20(24)13-18)14-21(23)22(26(2)16-23)19-8-4-3-5-9-19/h3-10,13,21-22H,11-12,14-16H2,1-2H3,(H,25,28)/t21-,22-,23-/m1/s1.